The third-order valence-corrected chi connectivity index (χ3v) is 8.13. The van der Waals surface area contributed by atoms with Crippen LogP contribution in [0.2, 0.25) is 5.02 Å². The summed E-state index contributed by atoms with van der Waals surface area (Å²) in [5.41, 5.74) is 1.81. The summed E-state index contributed by atoms with van der Waals surface area (Å²) in [6.45, 7) is 4.50. The summed E-state index contributed by atoms with van der Waals surface area (Å²) in [5.74, 6) is 0.431. The number of carbonyl (C=O) groups is 1. The number of halogens is 1. The molecule has 1 saturated carbocycles. The summed E-state index contributed by atoms with van der Waals surface area (Å²) in [6.07, 6.45) is 2.81. The summed E-state index contributed by atoms with van der Waals surface area (Å²) in [6, 6.07) is 2.80. The maximum atomic E-state index is 12.9. The molecule has 1 aromatic rings. The van der Waals surface area contributed by atoms with Gasteiger partial charge in [0, 0.05) is 24.7 Å². The fraction of sp³-hybridized carbons (Fsp3) is 0.650. The molecule has 0 spiro atoms. The number of ether oxygens (including phenoxy) is 2. The first-order valence-electron chi connectivity index (χ1n) is 9.92. The van der Waals surface area contributed by atoms with Crippen molar-refractivity contribution in [3.63, 3.8) is 0 Å². The Morgan fingerprint density at radius 3 is 2.62 bits per heavy atom. The molecule has 0 radical (unpaired) electrons. The molecule has 1 aromatic carbocycles. The Kier molecular flexibility index (Phi) is 7.09. The summed E-state index contributed by atoms with van der Waals surface area (Å²) in [7, 11) is -1.79. The van der Waals surface area contributed by atoms with Gasteiger partial charge in [-0.1, -0.05) is 11.6 Å². The third-order valence-electron chi connectivity index (χ3n) is 5.74. The van der Waals surface area contributed by atoms with Crippen LogP contribution in [0, 0.1) is 13.8 Å². The van der Waals surface area contributed by atoms with E-state index in [0.717, 1.165) is 17.5 Å². The second kappa shape index (κ2) is 9.20. The number of nitrogens with zero attached hydrogens (tertiary/aromatic N) is 1. The molecule has 2 fully saturated rings. The normalized spacial score (nSPS) is 22.6. The number of amides is 1. The van der Waals surface area contributed by atoms with Gasteiger partial charge in [-0.05, 0) is 62.8 Å². The highest BCUT2D eigenvalue weighted by Gasteiger charge is 2.41. The topological polar surface area (TPSA) is 84.9 Å². The molecule has 7 nitrogen and oxygen atoms in total. The van der Waals surface area contributed by atoms with Crippen LogP contribution in [0.15, 0.2) is 12.1 Å². The Labute approximate surface area is 177 Å². The van der Waals surface area contributed by atoms with E-state index in [1.807, 2.05) is 13.8 Å². The van der Waals surface area contributed by atoms with E-state index < -0.39 is 10.0 Å². The molecule has 1 aliphatic carbocycles. The molecular weight excluding hydrogens is 416 g/mol. The Morgan fingerprint density at radius 1 is 1.24 bits per heavy atom. The van der Waals surface area contributed by atoms with Gasteiger partial charge in [0.15, 0.2) is 6.61 Å². The third kappa shape index (κ3) is 5.23. The largest absolute Gasteiger partial charge is 0.483 e. The van der Waals surface area contributed by atoms with Crippen molar-refractivity contribution in [3.05, 3.63) is 28.3 Å². The van der Waals surface area contributed by atoms with Gasteiger partial charge in [-0.25, -0.2) is 13.1 Å². The standard InChI is InChI=1S/C20H29ClN2O5S/c1-13-14(2)19(9-8-16(13)21)28-12-20(24)23-10-4-5-17(18(23)11-27-3)22-29(25,26)15-6-7-15/h8-9,15,17-18,22H,4-7,10-12H2,1-3H3/t17?,18-/m0/s1. The number of piperidine rings is 1. The highest BCUT2D eigenvalue weighted by atomic mass is 35.5. The smallest absolute Gasteiger partial charge is 0.260 e. The molecule has 0 bridgehead atoms. The van der Waals surface area contributed by atoms with Crippen molar-refractivity contribution in [3.8, 4) is 5.75 Å². The van der Waals surface area contributed by atoms with Crippen LogP contribution >= 0.6 is 11.6 Å². The quantitative estimate of drug-likeness (QED) is 0.665. The van der Waals surface area contributed by atoms with E-state index in [1.165, 1.54) is 0 Å². The minimum Gasteiger partial charge on any atom is -0.483 e. The molecule has 1 saturated heterocycles. The Morgan fingerprint density at radius 2 is 1.97 bits per heavy atom. The van der Waals surface area contributed by atoms with Crippen LogP contribution < -0.4 is 9.46 Å². The van der Waals surface area contributed by atoms with Gasteiger partial charge in [0.25, 0.3) is 5.91 Å². The number of hydrogen-bond donors (Lipinski definition) is 1. The summed E-state index contributed by atoms with van der Waals surface area (Å²) < 4.78 is 38.7. The number of benzene rings is 1. The molecule has 1 amide bonds. The molecule has 29 heavy (non-hydrogen) atoms. The van der Waals surface area contributed by atoms with Crippen molar-refractivity contribution in [2.75, 3.05) is 26.9 Å². The fourth-order valence-electron chi connectivity index (χ4n) is 3.71. The number of likely N-dealkylation sites (tertiary alicyclic amines) is 1. The lowest BCUT2D eigenvalue weighted by atomic mass is 9.97. The lowest BCUT2D eigenvalue weighted by Gasteiger charge is -2.41. The second-order valence-electron chi connectivity index (χ2n) is 7.80. The van der Waals surface area contributed by atoms with Gasteiger partial charge in [-0.2, -0.15) is 0 Å². The van der Waals surface area contributed by atoms with Gasteiger partial charge < -0.3 is 14.4 Å². The zero-order chi connectivity index (χ0) is 21.2. The lowest BCUT2D eigenvalue weighted by Crippen LogP contribution is -2.59. The molecule has 3 rings (SSSR count). The van der Waals surface area contributed by atoms with E-state index in [1.54, 1.807) is 24.1 Å². The van der Waals surface area contributed by atoms with Crippen LogP contribution in [-0.4, -0.2) is 63.4 Å². The molecule has 1 aliphatic heterocycles. The minimum absolute atomic E-state index is 0.121. The second-order valence-corrected chi connectivity index (χ2v) is 10.2. The van der Waals surface area contributed by atoms with Crippen molar-refractivity contribution >= 4 is 27.5 Å². The van der Waals surface area contributed by atoms with E-state index in [2.05, 4.69) is 4.72 Å². The van der Waals surface area contributed by atoms with Crippen molar-refractivity contribution in [2.24, 2.45) is 0 Å². The monoisotopic (exact) mass is 444 g/mol. The van der Waals surface area contributed by atoms with Crippen molar-refractivity contribution in [1.29, 1.82) is 0 Å². The van der Waals surface area contributed by atoms with E-state index >= 15 is 0 Å². The minimum atomic E-state index is -3.34. The van der Waals surface area contributed by atoms with Crippen LogP contribution in [0.1, 0.15) is 36.8 Å². The van der Waals surface area contributed by atoms with Crippen LogP contribution in [0.4, 0.5) is 0 Å². The Bertz CT molecular complexity index is 857. The number of methoxy groups -OCH3 is 1. The zero-order valence-corrected chi connectivity index (χ0v) is 18.7. The number of hydrogen-bond acceptors (Lipinski definition) is 5. The number of carbonyl (C=O) groups excluding carboxylic acids is 1. The van der Waals surface area contributed by atoms with Crippen LogP contribution in [0.25, 0.3) is 0 Å². The molecular formula is C20H29ClN2O5S. The number of rotatable bonds is 8. The average Bonchev–Trinajstić information content (AvgIpc) is 3.52. The summed E-state index contributed by atoms with van der Waals surface area (Å²) in [4.78, 5) is 14.6. The Balaban J connectivity index is 1.68. The van der Waals surface area contributed by atoms with Crippen LogP contribution in [-0.2, 0) is 19.6 Å². The molecule has 9 heteroatoms. The van der Waals surface area contributed by atoms with Crippen molar-refractivity contribution in [1.82, 2.24) is 9.62 Å². The average molecular weight is 445 g/mol. The van der Waals surface area contributed by atoms with E-state index in [9.17, 15) is 13.2 Å². The van der Waals surface area contributed by atoms with Crippen molar-refractivity contribution in [2.45, 2.75) is 56.9 Å². The van der Waals surface area contributed by atoms with Gasteiger partial charge in [-0.3, -0.25) is 4.79 Å². The van der Waals surface area contributed by atoms with Crippen LogP contribution in [0.5, 0.6) is 5.75 Å². The number of sulfonamides is 1. The lowest BCUT2D eigenvalue weighted by molar-refractivity contribution is -0.139. The van der Waals surface area contributed by atoms with Gasteiger partial charge in [0.05, 0.1) is 17.9 Å². The molecule has 2 aliphatic rings. The first-order valence-corrected chi connectivity index (χ1v) is 11.8. The van der Waals surface area contributed by atoms with Gasteiger partial charge >= 0.3 is 0 Å². The van der Waals surface area contributed by atoms with Crippen LogP contribution in [0.3, 0.4) is 0 Å². The molecule has 2 atom stereocenters. The first kappa shape index (κ1) is 22.3. The van der Waals surface area contributed by atoms with E-state index in [4.69, 9.17) is 21.1 Å². The SMILES string of the molecule is COC[C@H]1C(NS(=O)(=O)C2CC2)CCCN1C(=O)COc1ccc(Cl)c(C)c1C. The predicted molar refractivity (Wildman–Crippen MR) is 112 cm³/mol. The summed E-state index contributed by atoms with van der Waals surface area (Å²) >= 11 is 6.12. The molecule has 1 heterocycles. The van der Waals surface area contributed by atoms with Gasteiger partial charge in [0.1, 0.15) is 5.75 Å². The maximum absolute atomic E-state index is 12.9. The molecule has 1 N–H and O–H groups in total. The highest BCUT2D eigenvalue weighted by molar-refractivity contribution is 7.90. The highest BCUT2D eigenvalue weighted by Crippen LogP contribution is 2.30. The fourth-order valence-corrected chi connectivity index (χ4v) is 5.56. The van der Waals surface area contributed by atoms with Gasteiger partial charge in [0.2, 0.25) is 10.0 Å². The molecule has 162 valence electrons. The number of nitrogens with one attached hydrogen (secondary N) is 1. The molecule has 1 unspecified atom stereocenters. The van der Waals surface area contributed by atoms with Gasteiger partial charge in [-0.15, -0.1) is 0 Å². The predicted octanol–water partition coefficient (Wildman–Crippen LogP) is 2.42. The van der Waals surface area contributed by atoms with E-state index in [-0.39, 0.29) is 36.5 Å². The first-order chi connectivity index (χ1) is 13.7. The van der Waals surface area contributed by atoms with Crippen molar-refractivity contribution < 1.29 is 22.7 Å². The summed E-state index contributed by atoms with van der Waals surface area (Å²) in [5, 5.41) is 0.361. The molecule has 0 aromatic heterocycles. The zero-order valence-electron chi connectivity index (χ0n) is 17.1. The van der Waals surface area contributed by atoms with E-state index in [0.29, 0.717) is 36.6 Å². The Hall–Kier alpha value is -1.35. The maximum Gasteiger partial charge on any atom is 0.260 e.